The number of para-hydroxylation sites is 1. The predicted octanol–water partition coefficient (Wildman–Crippen LogP) is 2.69. The standard InChI is InChI=1S/C23H22N2O6/c1-12-8-13(2)18-16(9-12)24-19-14(21(18)26)6-5-7-17(19)25-11-31-10-15(22(27)29-3)20(25)23(28)30-4/h5-9H,10-11H2,1-4H3,(H,24,26). The van der Waals surface area contributed by atoms with Gasteiger partial charge in [-0.1, -0.05) is 12.1 Å². The number of hydrogen-bond donors (Lipinski definition) is 1. The molecule has 2 heterocycles. The van der Waals surface area contributed by atoms with E-state index in [0.717, 1.165) is 11.1 Å². The number of methoxy groups -OCH3 is 2. The van der Waals surface area contributed by atoms with Crippen LogP contribution in [-0.4, -0.2) is 44.5 Å². The summed E-state index contributed by atoms with van der Waals surface area (Å²) in [5, 5.41) is 1.08. The van der Waals surface area contributed by atoms with Crippen LogP contribution in [0.4, 0.5) is 5.69 Å². The Morgan fingerprint density at radius 3 is 2.55 bits per heavy atom. The zero-order valence-corrected chi connectivity index (χ0v) is 17.7. The minimum atomic E-state index is -0.699. The molecular weight excluding hydrogens is 400 g/mol. The van der Waals surface area contributed by atoms with Gasteiger partial charge < -0.3 is 24.1 Å². The minimum absolute atomic E-state index is 0.00302. The van der Waals surface area contributed by atoms with E-state index >= 15 is 0 Å². The van der Waals surface area contributed by atoms with Crippen molar-refractivity contribution in [3.8, 4) is 0 Å². The van der Waals surface area contributed by atoms with Gasteiger partial charge in [0.05, 0.1) is 43.1 Å². The summed E-state index contributed by atoms with van der Waals surface area (Å²) in [6.45, 7) is 3.77. The maximum Gasteiger partial charge on any atom is 0.355 e. The molecular formula is C23H22N2O6. The van der Waals surface area contributed by atoms with Crippen molar-refractivity contribution in [1.29, 1.82) is 0 Å². The molecule has 1 N–H and O–H groups in total. The third kappa shape index (κ3) is 3.34. The van der Waals surface area contributed by atoms with Crippen LogP contribution in [0.1, 0.15) is 11.1 Å². The third-order valence-corrected chi connectivity index (χ3v) is 5.38. The number of aromatic amines is 1. The highest BCUT2D eigenvalue weighted by Gasteiger charge is 2.33. The molecule has 0 saturated carbocycles. The summed E-state index contributed by atoms with van der Waals surface area (Å²) in [5.74, 6) is -1.38. The molecule has 1 aliphatic heterocycles. The van der Waals surface area contributed by atoms with Gasteiger partial charge in [0.2, 0.25) is 0 Å². The number of nitrogens with zero attached hydrogens (tertiary/aromatic N) is 1. The Balaban J connectivity index is 2.04. The Labute approximate surface area is 178 Å². The number of benzene rings is 2. The lowest BCUT2D eigenvalue weighted by Gasteiger charge is -2.31. The Hall–Kier alpha value is -3.65. The zero-order valence-electron chi connectivity index (χ0n) is 17.7. The predicted molar refractivity (Wildman–Crippen MR) is 116 cm³/mol. The highest BCUT2D eigenvalue weighted by Crippen LogP contribution is 2.32. The van der Waals surface area contributed by atoms with Crippen LogP contribution in [0.15, 0.2) is 46.4 Å². The van der Waals surface area contributed by atoms with Gasteiger partial charge in [0, 0.05) is 10.8 Å². The van der Waals surface area contributed by atoms with Gasteiger partial charge in [-0.15, -0.1) is 0 Å². The molecule has 8 nitrogen and oxygen atoms in total. The van der Waals surface area contributed by atoms with Gasteiger partial charge in [0.1, 0.15) is 12.4 Å². The molecule has 8 heteroatoms. The van der Waals surface area contributed by atoms with Crippen LogP contribution in [0, 0.1) is 13.8 Å². The molecule has 160 valence electrons. The zero-order chi connectivity index (χ0) is 22.3. The van der Waals surface area contributed by atoms with Crippen LogP contribution in [0.2, 0.25) is 0 Å². The average Bonchev–Trinajstić information content (AvgIpc) is 2.76. The summed E-state index contributed by atoms with van der Waals surface area (Å²) in [6.07, 6.45) is 0. The quantitative estimate of drug-likeness (QED) is 0.512. The summed E-state index contributed by atoms with van der Waals surface area (Å²) in [4.78, 5) is 43.1. The smallest absolute Gasteiger partial charge is 0.355 e. The van der Waals surface area contributed by atoms with Gasteiger partial charge >= 0.3 is 11.9 Å². The van der Waals surface area contributed by atoms with E-state index in [0.29, 0.717) is 27.5 Å². The van der Waals surface area contributed by atoms with Gasteiger partial charge in [0.15, 0.2) is 5.43 Å². The van der Waals surface area contributed by atoms with Crippen molar-refractivity contribution in [2.45, 2.75) is 13.8 Å². The van der Waals surface area contributed by atoms with Gasteiger partial charge in [0.25, 0.3) is 0 Å². The fourth-order valence-corrected chi connectivity index (χ4v) is 4.06. The summed E-state index contributed by atoms with van der Waals surface area (Å²) in [7, 11) is 2.47. The number of aromatic nitrogens is 1. The number of ether oxygens (including phenoxy) is 3. The maximum atomic E-state index is 13.3. The van der Waals surface area contributed by atoms with Crippen LogP contribution in [0.25, 0.3) is 21.8 Å². The fourth-order valence-electron chi connectivity index (χ4n) is 4.06. The first kappa shape index (κ1) is 20.6. The van der Waals surface area contributed by atoms with Crippen LogP contribution in [-0.2, 0) is 23.8 Å². The summed E-state index contributed by atoms with van der Waals surface area (Å²) < 4.78 is 15.3. The van der Waals surface area contributed by atoms with Crippen molar-refractivity contribution < 1.29 is 23.8 Å². The van der Waals surface area contributed by atoms with Crippen LogP contribution in [0.5, 0.6) is 0 Å². The number of fused-ring (bicyclic) bond motifs is 2. The molecule has 0 amide bonds. The highest BCUT2D eigenvalue weighted by atomic mass is 16.5. The van der Waals surface area contributed by atoms with Crippen LogP contribution >= 0.6 is 0 Å². The van der Waals surface area contributed by atoms with Crippen molar-refractivity contribution in [3.63, 3.8) is 0 Å². The number of aryl methyl sites for hydroxylation is 2. The van der Waals surface area contributed by atoms with E-state index < -0.39 is 11.9 Å². The number of carbonyl (C=O) groups excluding carboxylic acids is 2. The van der Waals surface area contributed by atoms with E-state index in [2.05, 4.69) is 4.98 Å². The minimum Gasteiger partial charge on any atom is -0.466 e. The SMILES string of the molecule is COC(=O)C1=C(C(=O)OC)N(c2cccc3c(=O)c4c(C)cc(C)cc4[nH]c23)COC1. The first-order chi connectivity index (χ1) is 14.9. The van der Waals surface area contributed by atoms with Crippen molar-refractivity contribution in [3.05, 3.63) is 63.0 Å². The topological polar surface area (TPSA) is 97.9 Å². The maximum absolute atomic E-state index is 13.3. The third-order valence-electron chi connectivity index (χ3n) is 5.38. The number of H-pyrrole nitrogens is 1. The lowest BCUT2D eigenvalue weighted by atomic mass is 10.0. The lowest BCUT2D eigenvalue weighted by molar-refractivity contribution is -0.140. The lowest BCUT2D eigenvalue weighted by Crippen LogP contribution is -2.39. The van der Waals surface area contributed by atoms with Gasteiger partial charge in [-0.2, -0.15) is 0 Å². The number of pyridine rings is 1. The molecule has 0 unspecified atom stereocenters. The number of anilines is 1. The fraction of sp³-hybridized carbons (Fsp3) is 0.261. The number of hydrogen-bond acceptors (Lipinski definition) is 7. The van der Waals surface area contributed by atoms with E-state index in [-0.39, 0.29) is 30.0 Å². The van der Waals surface area contributed by atoms with E-state index in [4.69, 9.17) is 14.2 Å². The van der Waals surface area contributed by atoms with Gasteiger partial charge in [-0.25, -0.2) is 9.59 Å². The monoisotopic (exact) mass is 422 g/mol. The van der Waals surface area contributed by atoms with Crippen molar-refractivity contribution in [2.24, 2.45) is 0 Å². The molecule has 0 aliphatic carbocycles. The number of carbonyl (C=O) groups is 2. The van der Waals surface area contributed by atoms with Gasteiger partial charge in [-0.05, 0) is 43.2 Å². The van der Waals surface area contributed by atoms with Gasteiger partial charge in [-0.3, -0.25) is 4.79 Å². The second-order valence-corrected chi connectivity index (χ2v) is 7.37. The highest BCUT2D eigenvalue weighted by molar-refractivity contribution is 6.06. The summed E-state index contributed by atoms with van der Waals surface area (Å²) in [5.41, 5.74) is 3.59. The first-order valence-electron chi connectivity index (χ1n) is 9.68. The molecule has 0 spiro atoms. The van der Waals surface area contributed by atoms with Crippen LogP contribution < -0.4 is 10.3 Å². The summed E-state index contributed by atoms with van der Waals surface area (Å²) >= 11 is 0. The molecule has 0 fully saturated rings. The molecule has 0 radical (unpaired) electrons. The Bertz CT molecular complexity index is 1320. The van der Waals surface area contributed by atoms with Crippen molar-refractivity contribution >= 4 is 39.4 Å². The van der Waals surface area contributed by atoms with E-state index in [9.17, 15) is 14.4 Å². The molecule has 4 rings (SSSR count). The molecule has 31 heavy (non-hydrogen) atoms. The normalized spacial score (nSPS) is 14.3. The van der Waals surface area contributed by atoms with E-state index in [1.807, 2.05) is 26.0 Å². The first-order valence-corrected chi connectivity index (χ1v) is 9.68. The molecule has 3 aromatic rings. The number of rotatable bonds is 3. The molecule has 0 saturated heterocycles. The molecule has 1 aliphatic rings. The van der Waals surface area contributed by atoms with Crippen molar-refractivity contribution in [1.82, 2.24) is 4.98 Å². The average molecular weight is 422 g/mol. The number of nitrogens with one attached hydrogen (secondary N) is 1. The Kier molecular flexibility index (Phi) is 5.24. The second-order valence-electron chi connectivity index (χ2n) is 7.37. The largest absolute Gasteiger partial charge is 0.466 e. The molecule has 0 atom stereocenters. The van der Waals surface area contributed by atoms with Crippen LogP contribution in [0.3, 0.4) is 0 Å². The molecule has 2 aromatic carbocycles. The Morgan fingerprint density at radius 1 is 1.10 bits per heavy atom. The van der Waals surface area contributed by atoms with E-state index in [1.54, 1.807) is 18.2 Å². The van der Waals surface area contributed by atoms with Crippen molar-refractivity contribution in [2.75, 3.05) is 32.5 Å². The number of esters is 2. The summed E-state index contributed by atoms with van der Waals surface area (Å²) in [6, 6.07) is 9.07. The Morgan fingerprint density at radius 2 is 1.84 bits per heavy atom. The second kappa shape index (κ2) is 7.88. The molecule has 1 aromatic heterocycles. The van der Waals surface area contributed by atoms with E-state index in [1.165, 1.54) is 19.1 Å². The molecule has 0 bridgehead atoms.